The SMILES string of the molecule is COc1ccc(C(OC[C@H]2O[C@@H](n3ccc(N)nc3=O)[C@@H](O)[C@@H]2O)(c2ccccc2)c2ccc(OC)cc2)cc1. The molecule has 4 N–H and O–H groups in total. The fourth-order valence-electron chi connectivity index (χ4n) is 5.00. The summed E-state index contributed by atoms with van der Waals surface area (Å²) in [6.45, 7) is -0.126. The summed E-state index contributed by atoms with van der Waals surface area (Å²) in [6, 6.07) is 26.1. The average Bonchev–Trinajstić information content (AvgIpc) is 3.27. The van der Waals surface area contributed by atoms with E-state index in [1.165, 1.54) is 12.3 Å². The van der Waals surface area contributed by atoms with Crippen LogP contribution in [0.5, 0.6) is 11.5 Å². The fourth-order valence-corrected chi connectivity index (χ4v) is 5.00. The summed E-state index contributed by atoms with van der Waals surface area (Å²) >= 11 is 0. The van der Waals surface area contributed by atoms with Crippen molar-refractivity contribution < 1.29 is 29.2 Å². The third-order valence-electron chi connectivity index (χ3n) is 7.10. The molecule has 0 saturated carbocycles. The van der Waals surface area contributed by atoms with Gasteiger partial charge in [0.2, 0.25) is 0 Å². The van der Waals surface area contributed by atoms with Crippen molar-refractivity contribution in [3.05, 3.63) is 118 Å². The van der Waals surface area contributed by atoms with Crippen molar-refractivity contribution >= 4 is 5.82 Å². The molecule has 0 radical (unpaired) electrons. The molecule has 3 aromatic carbocycles. The molecule has 1 aliphatic heterocycles. The van der Waals surface area contributed by atoms with Gasteiger partial charge in [-0.05, 0) is 47.0 Å². The number of hydrogen-bond donors (Lipinski definition) is 3. The van der Waals surface area contributed by atoms with E-state index in [1.807, 2.05) is 78.9 Å². The minimum Gasteiger partial charge on any atom is -0.497 e. The van der Waals surface area contributed by atoms with E-state index in [0.29, 0.717) is 11.5 Å². The van der Waals surface area contributed by atoms with Crippen molar-refractivity contribution in [1.82, 2.24) is 9.55 Å². The molecule has 0 bridgehead atoms. The molecule has 4 aromatic rings. The molecule has 208 valence electrons. The van der Waals surface area contributed by atoms with Gasteiger partial charge in [-0.15, -0.1) is 0 Å². The molecule has 4 atom stereocenters. The van der Waals surface area contributed by atoms with Crippen molar-refractivity contribution in [2.24, 2.45) is 0 Å². The number of hydrogen-bond acceptors (Lipinski definition) is 9. The number of nitrogens with two attached hydrogens (primary N) is 1. The first-order valence-electron chi connectivity index (χ1n) is 12.7. The zero-order valence-corrected chi connectivity index (χ0v) is 22.1. The topological polar surface area (TPSA) is 138 Å². The summed E-state index contributed by atoms with van der Waals surface area (Å²) in [4.78, 5) is 16.1. The van der Waals surface area contributed by atoms with Crippen LogP contribution in [0.1, 0.15) is 22.9 Å². The standard InChI is InChI=1S/C30H31N3O7/c1-37-22-12-8-20(9-13-22)30(19-6-4-3-5-7-19,21-10-14-23(38-2)15-11-21)39-18-24-26(34)27(35)28(40-24)33-17-16-25(31)32-29(33)36/h3-17,24,26-28,34-35H,18H2,1-2H3,(H2,31,32,36)/t24-,26-,27+,28-/m1/s1. The van der Waals surface area contributed by atoms with Gasteiger partial charge in [-0.2, -0.15) is 4.98 Å². The summed E-state index contributed by atoms with van der Waals surface area (Å²) in [6.07, 6.45) is -3.50. The van der Waals surface area contributed by atoms with Gasteiger partial charge in [0.25, 0.3) is 0 Å². The molecule has 1 aliphatic rings. The molecule has 10 nitrogen and oxygen atoms in total. The number of nitrogen functional groups attached to an aromatic ring is 1. The Hall–Kier alpha value is -4.22. The van der Waals surface area contributed by atoms with Gasteiger partial charge < -0.3 is 34.9 Å². The molecule has 0 unspecified atom stereocenters. The van der Waals surface area contributed by atoms with Crippen LogP contribution in [0.2, 0.25) is 0 Å². The lowest BCUT2D eigenvalue weighted by Gasteiger charge is -2.37. The monoisotopic (exact) mass is 545 g/mol. The Labute approximate surface area is 231 Å². The Bertz CT molecular complexity index is 1430. The van der Waals surface area contributed by atoms with E-state index in [0.717, 1.165) is 21.3 Å². The average molecular weight is 546 g/mol. The molecular weight excluding hydrogens is 514 g/mol. The van der Waals surface area contributed by atoms with E-state index in [9.17, 15) is 15.0 Å². The van der Waals surface area contributed by atoms with Crippen molar-refractivity contribution in [2.75, 3.05) is 26.6 Å². The highest BCUT2D eigenvalue weighted by Crippen LogP contribution is 2.42. The Morgan fingerprint density at radius 3 is 1.93 bits per heavy atom. The molecule has 5 rings (SSSR count). The van der Waals surface area contributed by atoms with Crippen LogP contribution >= 0.6 is 0 Å². The second-order valence-electron chi connectivity index (χ2n) is 9.40. The molecule has 1 fully saturated rings. The lowest BCUT2D eigenvalue weighted by Crippen LogP contribution is -2.39. The van der Waals surface area contributed by atoms with Crippen LogP contribution in [-0.2, 0) is 15.1 Å². The van der Waals surface area contributed by atoms with Gasteiger partial charge in [0.1, 0.15) is 41.2 Å². The van der Waals surface area contributed by atoms with Crippen molar-refractivity contribution in [2.45, 2.75) is 30.1 Å². The number of nitrogens with zero attached hydrogens (tertiary/aromatic N) is 2. The van der Waals surface area contributed by atoms with E-state index in [2.05, 4.69) is 4.98 Å². The smallest absolute Gasteiger partial charge is 0.351 e. The molecule has 40 heavy (non-hydrogen) atoms. The Kier molecular flexibility index (Phi) is 7.85. The molecule has 2 heterocycles. The van der Waals surface area contributed by atoms with Crippen LogP contribution in [0.25, 0.3) is 0 Å². The first-order valence-corrected chi connectivity index (χ1v) is 12.7. The predicted molar refractivity (Wildman–Crippen MR) is 147 cm³/mol. The van der Waals surface area contributed by atoms with E-state index in [1.54, 1.807) is 14.2 Å². The van der Waals surface area contributed by atoms with Crippen LogP contribution in [0.4, 0.5) is 5.82 Å². The number of rotatable bonds is 9. The zero-order valence-electron chi connectivity index (χ0n) is 22.1. The highest BCUT2D eigenvalue weighted by Gasteiger charge is 2.46. The predicted octanol–water partition coefficient (Wildman–Crippen LogP) is 2.47. The van der Waals surface area contributed by atoms with Gasteiger partial charge in [-0.3, -0.25) is 4.57 Å². The molecule has 0 spiro atoms. The number of ether oxygens (including phenoxy) is 4. The van der Waals surface area contributed by atoms with Crippen molar-refractivity contribution in [3.63, 3.8) is 0 Å². The maximum atomic E-state index is 12.4. The lowest BCUT2D eigenvalue weighted by atomic mass is 9.80. The number of aliphatic hydroxyl groups excluding tert-OH is 2. The van der Waals surface area contributed by atoms with Crippen LogP contribution in [0, 0.1) is 0 Å². The van der Waals surface area contributed by atoms with E-state index >= 15 is 0 Å². The Morgan fingerprint density at radius 1 is 0.850 bits per heavy atom. The van der Waals surface area contributed by atoms with Gasteiger partial charge in [-0.1, -0.05) is 54.6 Å². The maximum Gasteiger partial charge on any atom is 0.351 e. The molecular formula is C30H31N3O7. The Balaban J connectivity index is 1.55. The quantitative estimate of drug-likeness (QED) is 0.271. The van der Waals surface area contributed by atoms with Gasteiger partial charge in [0.05, 0.1) is 20.8 Å². The normalized spacial score (nSPS) is 20.8. The number of aromatic nitrogens is 2. The largest absolute Gasteiger partial charge is 0.497 e. The summed E-state index contributed by atoms with van der Waals surface area (Å²) in [5.41, 5.74) is 6.18. The van der Waals surface area contributed by atoms with Crippen molar-refractivity contribution in [3.8, 4) is 11.5 Å². The first-order chi connectivity index (χ1) is 19.4. The number of aliphatic hydroxyl groups is 2. The van der Waals surface area contributed by atoms with Crippen molar-refractivity contribution in [1.29, 1.82) is 0 Å². The van der Waals surface area contributed by atoms with E-state index in [-0.39, 0.29) is 12.4 Å². The fraction of sp³-hybridized carbons (Fsp3) is 0.267. The van der Waals surface area contributed by atoms with E-state index < -0.39 is 35.8 Å². The number of anilines is 1. The van der Waals surface area contributed by atoms with Crippen LogP contribution in [-0.4, -0.2) is 58.9 Å². The van der Waals surface area contributed by atoms with E-state index in [4.69, 9.17) is 24.7 Å². The molecule has 0 aliphatic carbocycles. The molecule has 0 amide bonds. The number of methoxy groups -OCH3 is 2. The molecule has 1 aromatic heterocycles. The second-order valence-corrected chi connectivity index (χ2v) is 9.40. The Morgan fingerprint density at radius 2 is 1.40 bits per heavy atom. The first kappa shape index (κ1) is 27.4. The zero-order chi connectivity index (χ0) is 28.3. The van der Waals surface area contributed by atoms with Gasteiger partial charge in [-0.25, -0.2) is 4.79 Å². The molecule has 1 saturated heterocycles. The van der Waals surface area contributed by atoms with Crippen LogP contribution in [0.3, 0.4) is 0 Å². The molecule has 10 heteroatoms. The summed E-state index contributed by atoms with van der Waals surface area (Å²) < 4.78 is 24.6. The maximum absolute atomic E-state index is 12.4. The third kappa shape index (κ3) is 5.05. The second kappa shape index (κ2) is 11.5. The van der Waals surface area contributed by atoms with Gasteiger partial charge in [0.15, 0.2) is 6.23 Å². The summed E-state index contributed by atoms with van der Waals surface area (Å²) in [7, 11) is 3.20. The lowest BCUT2D eigenvalue weighted by molar-refractivity contribution is -0.0958. The van der Waals surface area contributed by atoms with Gasteiger partial charge >= 0.3 is 5.69 Å². The highest BCUT2D eigenvalue weighted by molar-refractivity contribution is 5.49. The van der Waals surface area contributed by atoms with Crippen LogP contribution < -0.4 is 20.9 Å². The van der Waals surface area contributed by atoms with Gasteiger partial charge in [0, 0.05) is 6.20 Å². The summed E-state index contributed by atoms with van der Waals surface area (Å²) in [5, 5.41) is 21.7. The minimum atomic E-state index is -1.40. The number of benzene rings is 3. The third-order valence-corrected chi connectivity index (χ3v) is 7.10. The highest BCUT2D eigenvalue weighted by atomic mass is 16.6. The minimum absolute atomic E-state index is 0.0424. The summed E-state index contributed by atoms with van der Waals surface area (Å²) in [5.74, 6) is 1.41. The van der Waals surface area contributed by atoms with Crippen LogP contribution in [0.15, 0.2) is 95.9 Å².